The van der Waals surface area contributed by atoms with Crippen LogP contribution in [-0.2, 0) is 38.0 Å². The Balaban J connectivity index is 2.01. The number of rotatable bonds is 10. The van der Waals surface area contributed by atoms with Gasteiger partial charge < -0.3 is 18.8 Å². The fraction of sp³-hybridized carbons (Fsp3) is 0.519. The molecule has 1 N–H and O–H groups in total. The third kappa shape index (κ3) is 6.82. The van der Waals surface area contributed by atoms with Crippen LogP contribution in [0, 0.1) is 22.6 Å². The molecule has 3 unspecified atom stereocenters. The lowest BCUT2D eigenvalue weighted by molar-refractivity contribution is -0.249. The molecule has 35 heavy (non-hydrogen) atoms. The van der Waals surface area contributed by atoms with Crippen molar-refractivity contribution in [2.75, 3.05) is 13.2 Å². The summed E-state index contributed by atoms with van der Waals surface area (Å²) in [6.07, 6.45) is -0.486. The van der Waals surface area contributed by atoms with E-state index < -0.39 is 45.3 Å². The Kier molecular flexibility index (Phi) is 8.97. The molecule has 3 rings (SSSR count). The van der Waals surface area contributed by atoms with E-state index >= 15 is 0 Å². The van der Waals surface area contributed by atoms with Crippen LogP contribution in [0.1, 0.15) is 52.2 Å². The van der Waals surface area contributed by atoms with E-state index in [1.165, 1.54) is 12.1 Å². The molecule has 1 saturated heterocycles. The second-order valence-electron chi connectivity index (χ2n) is 10.3. The molecule has 0 bridgehead atoms. The maximum absolute atomic E-state index is 14.3. The van der Waals surface area contributed by atoms with E-state index in [-0.39, 0.29) is 13.0 Å². The average molecular weight is 503 g/mol. The normalized spacial score (nSPS) is 18.6. The second kappa shape index (κ2) is 11.4. The molecule has 1 heterocycles. The Bertz CT molecular complexity index is 1000. The number of hydrogen-bond acceptors (Lipinski definition) is 6. The topological polar surface area (TPSA) is 86.6 Å². The number of nitrogens with one attached hydrogen (secondary N) is 1. The summed E-state index contributed by atoms with van der Waals surface area (Å²) in [7, 11) is 0. The smallest absolute Gasteiger partial charge is 0.222 e. The Morgan fingerprint density at radius 1 is 1.11 bits per heavy atom. The first kappa shape index (κ1) is 27.6. The average Bonchev–Trinajstić information content (AvgIpc) is 3.32. The minimum Gasteiger partial charge on any atom is -0.598 e. The van der Waals surface area contributed by atoms with Gasteiger partial charge in [-0.15, -0.1) is 4.72 Å². The summed E-state index contributed by atoms with van der Waals surface area (Å²) >= 11 is -1.43. The first-order valence-corrected chi connectivity index (χ1v) is 12.9. The number of halogens is 1. The zero-order chi connectivity index (χ0) is 25.7. The maximum Gasteiger partial charge on any atom is 0.222 e. The highest BCUT2D eigenvalue weighted by molar-refractivity contribution is 7.90. The Hall–Kier alpha value is -1.99. The van der Waals surface area contributed by atoms with Crippen molar-refractivity contribution in [2.45, 2.75) is 70.3 Å². The summed E-state index contributed by atoms with van der Waals surface area (Å²) in [4.78, 5) is 0. The highest BCUT2D eigenvalue weighted by Crippen LogP contribution is 2.41. The van der Waals surface area contributed by atoms with Crippen molar-refractivity contribution in [2.24, 2.45) is 5.41 Å². The molecule has 2 aromatic carbocycles. The van der Waals surface area contributed by atoms with Gasteiger partial charge >= 0.3 is 0 Å². The molecule has 0 saturated carbocycles. The molecule has 190 valence electrons. The van der Waals surface area contributed by atoms with Crippen molar-refractivity contribution in [3.05, 3.63) is 71.5 Å². The summed E-state index contributed by atoms with van der Waals surface area (Å²) in [6, 6.07) is 17.6. The molecule has 0 aliphatic carbocycles. The Labute approximate surface area is 211 Å². The van der Waals surface area contributed by atoms with Crippen LogP contribution in [0.4, 0.5) is 4.39 Å². The Morgan fingerprint density at radius 2 is 1.77 bits per heavy atom. The minimum atomic E-state index is -1.43. The number of ether oxygens (including phenoxy) is 3. The molecular formula is C27H35FN2O4S. The van der Waals surface area contributed by atoms with Crippen molar-refractivity contribution >= 4 is 11.4 Å². The highest BCUT2D eigenvalue weighted by Gasteiger charge is 2.50. The summed E-state index contributed by atoms with van der Waals surface area (Å²) in [5.41, 5.74) is 0.558. The molecule has 1 aliphatic rings. The van der Waals surface area contributed by atoms with Crippen LogP contribution in [0.2, 0.25) is 0 Å². The quantitative estimate of drug-likeness (QED) is 0.462. The van der Waals surface area contributed by atoms with Crippen LogP contribution in [0.15, 0.2) is 54.6 Å². The van der Waals surface area contributed by atoms with Crippen molar-refractivity contribution in [3.63, 3.8) is 0 Å². The molecule has 0 amide bonds. The lowest BCUT2D eigenvalue weighted by atomic mass is 9.81. The molecular weight excluding hydrogens is 467 g/mol. The maximum atomic E-state index is 14.3. The minimum absolute atomic E-state index is 0.242. The third-order valence-electron chi connectivity index (χ3n) is 6.08. The second-order valence-corrected chi connectivity index (χ2v) is 12.3. The van der Waals surface area contributed by atoms with Crippen molar-refractivity contribution < 1.29 is 23.2 Å². The first-order chi connectivity index (χ1) is 16.5. The van der Waals surface area contributed by atoms with Crippen LogP contribution in [0.25, 0.3) is 0 Å². The van der Waals surface area contributed by atoms with E-state index in [0.29, 0.717) is 18.8 Å². The van der Waals surface area contributed by atoms with Crippen molar-refractivity contribution in [1.29, 1.82) is 5.26 Å². The summed E-state index contributed by atoms with van der Waals surface area (Å²) < 4.78 is 48.7. The number of hydrogen-bond donors (Lipinski definition) is 1. The molecule has 3 atom stereocenters. The van der Waals surface area contributed by atoms with Crippen LogP contribution < -0.4 is 4.72 Å². The van der Waals surface area contributed by atoms with Crippen LogP contribution >= 0.6 is 0 Å². The predicted octanol–water partition coefficient (Wildman–Crippen LogP) is 4.97. The van der Waals surface area contributed by atoms with Gasteiger partial charge in [-0.2, -0.15) is 5.26 Å². The van der Waals surface area contributed by atoms with Gasteiger partial charge in [-0.3, -0.25) is 0 Å². The van der Waals surface area contributed by atoms with Gasteiger partial charge in [0.15, 0.2) is 0 Å². The van der Waals surface area contributed by atoms with Gasteiger partial charge in [0.25, 0.3) is 0 Å². The monoisotopic (exact) mass is 502 g/mol. The fourth-order valence-electron chi connectivity index (χ4n) is 3.86. The lowest BCUT2D eigenvalue weighted by Crippen LogP contribution is -2.54. The van der Waals surface area contributed by atoms with Gasteiger partial charge in [0.2, 0.25) is 5.79 Å². The van der Waals surface area contributed by atoms with Crippen molar-refractivity contribution in [1.82, 2.24) is 4.72 Å². The molecule has 0 radical (unpaired) electrons. The van der Waals surface area contributed by atoms with Gasteiger partial charge in [0, 0.05) is 23.3 Å². The van der Waals surface area contributed by atoms with Crippen molar-refractivity contribution in [3.8, 4) is 6.07 Å². The van der Waals surface area contributed by atoms with E-state index in [1.54, 1.807) is 26.0 Å². The molecule has 0 aromatic heterocycles. The summed E-state index contributed by atoms with van der Waals surface area (Å²) in [5, 5.41) is 9.94. The molecule has 1 aliphatic heterocycles. The fourth-order valence-corrected chi connectivity index (χ4v) is 4.87. The molecule has 6 nitrogen and oxygen atoms in total. The van der Waals surface area contributed by atoms with E-state index in [0.717, 1.165) is 5.56 Å². The SMILES string of the molecule is CC(C)(C#N)C(CC(OCc1ccccc1)C1(c2cccc(F)c2)OCCO1)N[S+]([O-])C(C)(C)C. The third-order valence-corrected chi connectivity index (χ3v) is 7.69. The van der Waals surface area contributed by atoms with Crippen LogP contribution in [0.3, 0.4) is 0 Å². The lowest BCUT2D eigenvalue weighted by Gasteiger charge is -2.40. The molecule has 8 heteroatoms. The van der Waals surface area contributed by atoms with Crippen LogP contribution in [0.5, 0.6) is 0 Å². The standard InChI is InChI=1S/C27H35FN2O4S/c1-25(2,3)35(31)30-23(26(4,5)19-29)17-24(32-18-20-10-7-6-8-11-20)27(33-14-15-34-27)21-12-9-13-22(28)16-21/h6-13,16,23-24,30H,14-15,17-18H2,1-5H3. The molecule has 0 spiro atoms. The molecule has 2 aromatic rings. The van der Waals surface area contributed by atoms with E-state index in [4.69, 9.17) is 14.2 Å². The zero-order valence-corrected chi connectivity index (χ0v) is 21.9. The van der Waals surface area contributed by atoms with Crippen LogP contribution in [-0.4, -0.2) is 34.7 Å². The van der Waals surface area contributed by atoms with Gasteiger partial charge in [0.05, 0.1) is 37.3 Å². The number of nitriles is 1. The number of nitrogens with zero attached hydrogens (tertiary/aromatic N) is 1. The van der Waals surface area contributed by atoms with E-state index in [9.17, 15) is 14.2 Å². The van der Waals surface area contributed by atoms with Gasteiger partial charge in [-0.05, 0) is 52.3 Å². The Morgan fingerprint density at radius 3 is 2.34 bits per heavy atom. The molecule has 1 fully saturated rings. The number of benzene rings is 2. The largest absolute Gasteiger partial charge is 0.598 e. The summed E-state index contributed by atoms with van der Waals surface area (Å²) in [5.74, 6) is -1.78. The zero-order valence-electron chi connectivity index (χ0n) is 21.0. The highest BCUT2D eigenvalue weighted by atomic mass is 32.2. The predicted molar refractivity (Wildman–Crippen MR) is 134 cm³/mol. The van der Waals surface area contributed by atoms with Gasteiger partial charge in [-0.1, -0.05) is 42.5 Å². The van der Waals surface area contributed by atoms with E-state index in [1.807, 2.05) is 51.1 Å². The first-order valence-electron chi connectivity index (χ1n) is 11.8. The van der Waals surface area contributed by atoms with Gasteiger partial charge in [0.1, 0.15) is 16.7 Å². The summed E-state index contributed by atoms with van der Waals surface area (Å²) in [6.45, 7) is 10.1. The van der Waals surface area contributed by atoms with E-state index in [2.05, 4.69) is 10.8 Å². The van der Waals surface area contributed by atoms with Gasteiger partial charge in [-0.25, -0.2) is 4.39 Å².